The molecule has 0 aromatic heterocycles. The van der Waals surface area contributed by atoms with Crippen LogP contribution in [0.4, 0.5) is 5.69 Å². The average Bonchev–Trinajstić information content (AvgIpc) is 2.62. The van der Waals surface area contributed by atoms with E-state index in [-0.39, 0.29) is 16.2 Å². The van der Waals surface area contributed by atoms with Gasteiger partial charge in [0.2, 0.25) is 10.0 Å². The molecule has 0 bridgehead atoms. The molecule has 2 rings (SSSR count). The highest BCUT2D eigenvalue weighted by Gasteiger charge is 2.24. The predicted octanol–water partition coefficient (Wildman–Crippen LogP) is 4.03. The molecule has 0 spiro atoms. The Morgan fingerprint density at radius 1 is 0.931 bits per heavy atom. The lowest BCUT2D eigenvalue weighted by molar-refractivity contribution is 0.0858. The fraction of sp³-hybridized carbons (Fsp3) is 0.364. The fourth-order valence-electron chi connectivity index (χ4n) is 2.76. The highest BCUT2D eigenvalue weighted by Crippen LogP contribution is 2.25. The van der Waals surface area contributed by atoms with Crippen LogP contribution in [0, 0.1) is 19.3 Å². The van der Waals surface area contributed by atoms with Gasteiger partial charge in [0.15, 0.2) is 5.78 Å². The third kappa shape index (κ3) is 4.92. The number of benzene rings is 2. The molecule has 0 saturated carbocycles. The van der Waals surface area contributed by atoms with Crippen molar-refractivity contribution in [2.24, 2.45) is 5.41 Å². The van der Waals surface area contributed by atoms with Gasteiger partial charge in [0.05, 0.1) is 4.90 Å². The molecule has 0 atom stereocenters. The number of amides is 1. The first-order chi connectivity index (χ1) is 13.2. The van der Waals surface area contributed by atoms with E-state index in [1.807, 2.05) is 20.8 Å². The summed E-state index contributed by atoms with van der Waals surface area (Å²) in [5.41, 5.74) is 2.18. The van der Waals surface area contributed by atoms with Crippen LogP contribution in [0.3, 0.4) is 0 Å². The van der Waals surface area contributed by atoms with E-state index in [2.05, 4.69) is 5.32 Å². The van der Waals surface area contributed by atoms with Crippen LogP contribution < -0.4 is 5.32 Å². The summed E-state index contributed by atoms with van der Waals surface area (Å²) in [5.74, 6) is -0.402. The number of rotatable bonds is 5. The molecular formula is C22H28N2O4S. The molecular weight excluding hydrogens is 388 g/mol. The molecule has 0 aliphatic rings. The van der Waals surface area contributed by atoms with E-state index in [1.54, 1.807) is 44.2 Å². The summed E-state index contributed by atoms with van der Waals surface area (Å²) < 4.78 is 26.3. The fourth-order valence-corrected chi connectivity index (χ4v) is 3.98. The number of ketones is 1. The number of Topliss-reactive ketones (excluding diaryl/α,β-unsaturated/α-hetero) is 1. The quantitative estimate of drug-likeness (QED) is 0.746. The Labute approximate surface area is 173 Å². The Bertz CT molecular complexity index is 1050. The molecule has 0 saturated heterocycles. The van der Waals surface area contributed by atoms with Crippen LogP contribution in [-0.2, 0) is 10.0 Å². The van der Waals surface area contributed by atoms with E-state index in [1.165, 1.54) is 20.2 Å². The summed E-state index contributed by atoms with van der Waals surface area (Å²) in [6.45, 7) is 9.05. The van der Waals surface area contributed by atoms with Gasteiger partial charge in [-0.3, -0.25) is 9.59 Å². The first-order valence-electron chi connectivity index (χ1n) is 9.25. The number of carbonyl (C=O) groups is 2. The molecule has 1 amide bonds. The van der Waals surface area contributed by atoms with Gasteiger partial charge in [-0.15, -0.1) is 0 Å². The Balaban J connectivity index is 2.32. The summed E-state index contributed by atoms with van der Waals surface area (Å²) in [7, 11) is -0.761. The minimum atomic E-state index is -3.67. The molecule has 7 heteroatoms. The van der Waals surface area contributed by atoms with Crippen LogP contribution in [0.15, 0.2) is 41.3 Å². The topological polar surface area (TPSA) is 83.5 Å². The molecule has 1 N–H and O–H groups in total. The van der Waals surface area contributed by atoms with Crippen LogP contribution in [0.5, 0.6) is 0 Å². The van der Waals surface area contributed by atoms with Crippen molar-refractivity contribution in [3.63, 3.8) is 0 Å². The monoisotopic (exact) mass is 416 g/mol. The van der Waals surface area contributed by atoms with Gasteiger partial charge >= 0.3 is 0 Å². The number of anilines is 1. The number of carbonyl (C=O) groups excluding carboxylic acids is 2. The molecule has 0 fully saturated rings. The third-order valence-corrected chi connectivity index (χ3v) is 6.67. The highest BCUT2D eigenvalue weighted by atomic mass is 32.2. The molecule has 156 valence electrons. The summed E-state index contributed by atoms with van der Waals surface area (Å²) in [5, 5.41) is 2.76. The lowest BCUT2D eigenvalue weighted by Gasteiger charge is -2.17. The first-order valence-corrected chi connectivity index (χ1v) is 10.7. The van der Waals surface area contributed by atoms with E-state index < -0.39 is 21.3 Å². The van der Waals surface area contributed by atoms with E-state index in [4.69, 9.17) is 0 Å². The zero-order valence-electron chi connectivity index (χ0n) is 18.0. The van der Waals surface area contributed by atoms with Crippen molar-refractivity contribution in [3.8, 4) is 0 Å². The largest absolute Gasteiger partial charge is 0.322 e. The molecule has 0 unspecified atom stereocenters. The number of hydrogen-bond donors (Lipinski definition) is 1. The van der Waals surface area contributed by atoms with Crippen LogP contribution in [0.1, 0.15) is 52.6 Å². The number of sulfonamides is 1. The molecule has 0 aliphatic carbocycles. The number of nitrogens with zero attached hydrogens (tertiary/aromatic N) is 1. The smallest absolute Gasteiger partial charge is 0.255 e. The second-order valence-corrected chi connectivity index (χ2v) is 10.4. The van der Waals surface area contributed by atoms with Crippen LogP contribution >= 0.6 is 0 Å². The van der Waals surface area contributed by atoms with Gasteiger partial charge in [-0.2, -0.15) is 0 Å². The van der Waals surface area contributed by atoms with Gasteiger partial charge in [0.1, 0.15) is 0 Å². The molecule has 2 aromatic carbocycles. The van der Waals surface area contributed by atoms with Crippen LogP contribution in [0.25, 0.3) is 0 Å². The van der Waals surface area contributed by atoms with Crippen molar-refractivity contribution in [2.75, 3.05) is 19.4 Å². The van der Waals surface area contributed by atoms with Crippen molar-refractivity contribution < 1.29 is 18.0 Å². The van der Waals surface area contributed by atoms with E-state index in [9.17, 15) is 18.0 Å². The second kappa shape index (κ2) is 8.08. The van der Waals surface area contributed by atoms with Gasteiger partial charge in [0, 0.05) is 36.3 Å². The average molecular weight is 417 g/mol. The predicted molar refractivity (Wildman–Crippen MR) is 115 cm³/mol. The summed E-state index contributed by atoms with van der Waals surface area (Å²) in [6.07, 6.45) is 0. The zero-order chi connectivity index (χ0) is 22.1. The Morgan fingerprint density at radius 3 is 1.97 bits per heavy atom. The normalized spacial score (nSPS) is 12.1. The van der Waals surface area contributed by atoms with Gasteiger partial charge in [-0.25, -0.2) is 12.7 Å². The van der Waals surface area contributed by atoms with Gasteiger partial charge < -0.3 is 5.32 Å². The maximum atomic E-state index is 12.7. The SMILES string of the molecule is Cc1cc(C(=O)Nc2ccc(C(=O)C(C)(C)C)cc2)cc(S(=O)(=O)N(C)C)c1C. The molecule has 0 heterocycles. The third-order valence-electron chi connectivity index (χ3n) is 4.73. The highest BCUT2D eigenvalue weighted by molar-refractivity contribution is 7.89. The Kier molecular flexibility index (Phi) is 6.35. The molecule has 6 nitrogen and oxygen atoms in total. The summed E-state index contributed by atoms with van der Waals surface area (Å²) in [4.78, 5) is 25.2. The number of nitrogens with one attached hydrogen (secondary N) is 1. The molecule has 0 aliphatic heterocycles. The van der Waals surface area contributed by atoms with E-state index >= 15 is 0 Å². The summed E-state index contributed by atoms with van der Waals surface area (Å²) >= 11 is 0. The molecule has 0 radical (unpaired) electrons. The van der Waals surface area contributed by atoms with Gasteiger partial charge in [-0.1, -0.05) is 20.8 Å². The van der Waals surface area contributed by atoms with E-state index in [0.29, 0.717) is 22.4 Å². The van der Waals surface area contributed by atoms with Crippen molar-refractivity contribution in [3.05, 3.63) is 58.7 Å². The second-order valence-electron chi connectivity index (χ2n) is 8.31. The number of hydrogen-bond acceptors (Lipinski definition) is 4. The molecule has 2 aromatic rings. The maximum Gasteiger partial charge on any atom is 0.255 e. The maximum absolute atomic E-state index is 12.7. The number of aryl methyl sites for hydroxylation is 1. The van der Waals surface area contributed by atoms with Crippen molar-refractivity contribution in [1.82, 2.24) is 4.31 Å². The molecule has 29 heavy (non-hydrogen) atoms. The van der Waals surface area contributed by atoms with Crippen molar-refractivity contribution in [2.45, 2.75) is 39.5 Å². The van der Waals surface area contributed by atoms with Crippen molar-refractivity contribution in [1.29, 1.82) is 0 Å². The minimum Gasteiger partial charge on any atom is -0.322 e. The van der Waals surface area contributed by atoms with Gasteiger partial charge in [0.25, 0.3) is 5.91 Å². The lowest BCUT2D eigenvalue weighted by atomic mass is 9.86. The zero-order valence-corrected chi connectivity index (χ0v) is 18.8. The Hall–Kier alpha value is -2.51. The summed E-state index contributed by atoms with van der Waals surface area (Å²) in [6, 6.07) is 9.73. The standard InChI is InChI=1S/C22H28N2O4S/c1-14-12-17(13-19(15(14)2)29(27,28)24(6)7)21(26)23-18-10-8-16(9-11-18)20(25)22(3,4)5/h8-13H,1-7H3,(H,23,26). The Morgan fingerprint density at radius 2 is 1.48 bits per heavy atom. The minimum absolute atomic E-state index is 0.0167. The van der Waals surface area contributed by atoms with E-state index in [0.717, 1.165) is 4.31 Å². The van der Waals surface area contributed by atoms with Gasteiger partial charge in [-0.05, 0) is 61.4 Å². The first kappa shape index (κ1) is 22.8. The van der Waals surface area contributed by atoms with Crippen LogP contribution in [0.2, 0.25) is 0 Å². The lowest BCUT2D eigenvalue weighted by Crippen LogP contribution is -2.24. The van der Waals surface area contributed by atoms with Crippen molar-refractivity contribution >= 4 is 27.4 Å². The van der Waals surface area contributed by atoms with Crippen LogP contribution in [-0.4, -0.2) is 38.5 Å².